The molecule has 9 heteroatoms. The van der Waals surface area contributed by atoms with Crippen molar-refractivity contribution < 1.29 is 29.0 Å². The molecule has 0 saturated carbocycles. The third-order valence-corrected chi connectivity index (χ3v) is 4.24. The Morgan fingerprint density at radius 1 is 1.28 bits per heavy atom. The number of furan rings is 1. The van der Waals surface area contributed by atoms with Gasteiger partial charge in [-0.1, -0.05) is 0 Å². The number of aliphatic hydroxyl groups is 2. The summed E-state index contributed by atoms with van der Waals surface area (Å²) in [5, 5.41) is 21.2. The first-order valence-electron chi connectivity index (χ1n) is 8.83. The van der Waals surface area contributed by atoms with Gasteiger partial charge in [0, 0.05) is 28.4 Å². The summed E-state index contributed by atoms with van der Waals surface area (Å²) in [6.45, 7) is 2.98. The van der Waals surface area contributed by atoms with Crippen LogP contribution in [0, 0.1) is 13.8 Å². The predicted molar refractivity (Wildman–Crippen MR) is 105 cm³/mol. The minimum Gasteiger partial charge on any atom is -0.491 e. The zero-order chi connectivity index (χ0) is 21.1. The lowest BCUT2D eigenvalue weighted by atomic mass is 10.1. The molecule has 9 nitrogen and oxygen atoms in total. The van der Waals surface area contributed by atoms with Crippen LogP contribution in [-0.2, 0) is 0 Å². The monoisotopic (exact) mass is 399 g/mol. The van der Waals surface area contributed by atoms with E-state index in [9.17, 15) is 14.7 Å². The number of hydrogen-bond acceptors (Lipinski definition) is 7. The number of anilines is 1. The fourth-order valence-corrected chi connectivity index (χ4v) is 2.87. The van der Waals surface area contributed by atoms with Gasteiger partial charge in [-0.15, -0.1) is 0 Å². The van der Waals surface area contributed by atoms with E-state index in [0.29, 0.717) is 22.4 Å². The third kappa shape index (κ3) is 4.36. The van der Waals surface area contributed by atoms with Crippen molar-refractivity contribution in [3.8, 4) is 5.75 Å². The fourth-order valence-electron chi connectivity index (χ4n) is 2.87. The molecule has 2 amide bonds. The molecule has 1 unspecified atom stereocenters. The highest BCUT2D eigenvalue weighted by atomic mass is 16.5. The minimum atomic E-state index is -1.02. The number of amides is 2. The highest BCUT2D eigenvalue weighted by molar-refractivity contribution is 6.17. The Kier molecular flexibility index (Phi) is 5.81. The fraction of sp³-hybridized carbons (Fsp3) is 0.250. The van der Waals surface area contributed by atoms with Gasteiger partial charge in [0.1, 0.15) is 29.7 Å². The molecule has 29 heavy (non-hydrogen) atoms. The van der Waals surface area contributed by atoms with Crippen molar-refractivity contribution in [2.24, 2.45) is 5.73 Å². The van der Waals surface area contributed by atoms with E-state index in [1.165, 1.54) is 6.07 Å². The molecule has 0 aliphatic heterocycles. The number of ether oxygens (including phenoxy) is 1. The maximum atomic E-state index is 13.1. The lowest BCUT2D eigenvalue weighted by molar-refractivity contribution is 0.0536. The number of hydrogen-bond donors (Lipinski definition) is 4. The van der Waals surface area contributed by atoms with Crippen LogP contribution in [0.25, 0.3) is 11.0 Å². The van der Waals surface area contributed by atoms with E-state index >= 15 is 0 Å². The number of primary amides is 1. The lowest BCUT2D eigenvalue weighted by Gasteiger charge is -2.09. The van der Waals surface area contributed by atoms with Gasteiger partial charge in [0.05, 0.1) is 6.61 Å². The van der Waals surface area contributed by atoms with Crippen LogP contribution in [0.2, 0.25) is 0 Å². The Morgan fingerprint density at radius 2 is 2.03 bits per heavy atom. The number of aryl methyl sites for hydroxylation is 2. The average molecular weight is 399 g/mol. The number of benzene rings is 1. The molecule has 0 bridgehead atoms. The summed E-state index contributed by atoms with van der Waals surface area (Å²) in [5.74, 6) is -0.176. The Balaban J connectivity index is 2.04. The van der Waals surface area contributed by atoms with Gasteiger partial charge < -0.3 is 30.4 Å². The summed E-state index contributed by atoms with van der Waals surface area (Å²) in [4.78, 5) is 28.8. The van der Waals surface area contributed by atoms with E-state index in [2.05, 4.69) is 10.3 Å². The van der Waals surface area contributed by atoms with Gasteiger partial charge in [-0.25, -0.2) is 4.79 Å². The molecule has 2 aromatic heterocycles. The molecule has 0 saturated heterocycles. The molecule has 0 fully saturated rings. The van der Waals surface area contributed by atoms with Gasteiger partial charge in [0.2, 0.25) is 5.78 Å². The van der Waals surface area contributed by atoms with Crippen LogP contribution in [-0.4, -0.2) is 46.3 Å². The number of fused-ring (bicyclic) bond motifs is 1. The maximum Gasteiger partial charge on any atom is 0.316 e. The van der Waals surface area contributed by atoms with Crippen molar-refractivity contribution in [2.75, 3.05) is 18.5 Å². The van der Waals surface area contributed by atoms with Crippen molar-refractivity contribution in [2.45, 2.75) is 20.0 Å². The summed E-state index contributed by atoms with van der Waals surface area (Å²) < 4.78 is 11.1. The Morgan fingerprint density at radius 3 is 2.69 bits per heavy atom. The first-order valence-corrected chi connectivity index (χ1v) is 8.83. The van der Waals surface area contributed by atoms with Gasteiger partial charge in [-0.2, -0.15) is 0 Å². The van der Waals surface area contributed by atoms with Crippen molar-refractivity contribution in [1.29, 1.82) is 0 Å². The van der Waals surface area contributed by atoms with Crippen molar-refractivity contribution in [1.82, 2.24) is 4.98 Å². The van der Waals surface area contributed by atoms with E-state index in [1.54, 1.807) is 31.2 Å². The topological polar surface area (TPSA) is 148 Å². The molecule has 152 valence electrons. The third-order valence-electron chi connectivity index (χ3n) is 4.24. The zero-order valence-corrected chi connectivity index (χ0v) is 15.9. The van der Waals surface area contributed by atoms with Crippen molar-refractivity contribution >= 4 is 28.5 Å². The normalized spacial score (nSPS) is 12.0. The Hall–Kier alpha value is -3.43. The molecule has 1 atom stereocenters. The smallest absolute Gasteiger partial charge is 0.316 e. The van der Waals surface area contributed by atoms with Crippen LogP contribution in [0.3, 0.4) is 0 Å². The molecular formula is C20H21N3O6. The SMILES string of the molecule is Cc1ccc(C(=O)c2oc3cc(OCC(O)CO)ccc3c2NC(N)=O)c(C)n1. The van der Waals surface area contributed by atoms with Crippen LogP contribution in [0.4, 0.5) is 10.5 Å². The van der Waals surface area contributed by atoms with Crippen LogP contribution in [0.5, 0.6) is 5.75 Å². The standard InChI is InChI=1S/C20H21N3O6/c1-10-3-5-14(11(2)22-10)18(26)19-17(23-20(21)27)15-6-4-13(7-16(15)29-19)28-9-12(25)8-24/h3-7,12,24-25H,8-9H2,1-2H3,(H3,21,23,27). The number of aliphatic hydroxyl groups excluding tert-OH is 2. The quantitative estimate of drug-likeness (QED) is 0.443. The van der Waals surface area contributed by atoms with E-state index < -0.39 is 24.5 Å². The lowest BCUT2D eigenvalue weighted by Crippen LogP contribution is -2.21. The van der Waals surface area contributed by atoms with E-state index in [1.807, 2.05) is 6.92 Å². The summed E-state index contributed by atoms with van der Waals surface area (Å²) in [5.41, 5.74) is 7.34. The number of carbonyl (C=O) groups is 2. The zero-order valence-electron chi connectivity index (χ0n) is 15.9. The van der Waals surface area contributed by atoms with Crippen molar-refractivity contribution in [3.63, 3.8) is 0 Å². The highest BCUT2D eigenvalue weighted by Gasteiger charge is 2.25. The number of aromatic nitrogens is 1. The number of rotatable bonds is 7. The Labute approximate surface area is 166 Å². The minimum absolute atomic E-state index is 0.0832. The van der Waals surface area contributed by atoms with E-state index in [0.717, 1.165) is 5.69 Å². The van der Waals surface area contributed by atoms with Gasteiger partial charge in [-0.05, 0) is 38.1 Å². The Bertz CT molecular complexity index is 1080. The summed E-state index contributed by atoms with van der Waals surface area (Å²) in [6.07, 6.45) is -1.02. The number of nitrogens with one attached hydrogen (secondary N) is 1. The van der Waals surface area contributed by atoms with Gasteiger partial charge in [0.15, 0.2) is 5.76 Å². The second-order valence-corrected chi connectivity index (χ2v) is 6.52. The summed E-state index contributed by atoms with van der Waals surface area (Å²) in [7, 11) is 0. The largest absolute Gasteiger partial charge is 0.491 e. The van der Waals surface area contributed by atoms with Crippen LogP contribution in [0.15, 0.2) is 34.7 Å². The van der Waals surface area contributed by atoms with Crippen LogP contribution in [0.1, 0.15) is 27.5 Å². The summed E-state index contributed by atoms with van der Waals surface area (Å²) in [6, 6.07) is 7.21. The number of urea groups is 1. The van der Waals surface area contributed by atoms with Gasteiger partial charge in [-0.3, -0.25) is 9.78 Å². The van der Waals surface area contributed by atoms with Gasteiger partial charge in [0.25, 0.3) is 0 Å². The second kappa shape index (κ2) is 8.29. The van der Waals surface area contributed by atoms with Gasteiger partial charge >= 0.3 is 6.03 Å². The molecule has 0 spiro atoms. The molecule has 0 aliphatic rings. The van der Waals surface area contributed by atoms with Crippen molar-refractivity contribution in [3.05, 3.63) is 53.0 Å². The molecular weight excluding hydrogens is 378 g/mol. The number of nitrogens with two attached hydrogens (primary N) is 1. The molecule has 0 radical (unpaired) electrons. The van der Waals surface area contributed by atoms with Crippen LogP contribution < -0.4 is 15.8 Å². The second-order valence-electron chi connectivity index (χ2n) is 6.52. The number of pyridine rings is 1. The number of carbonyl (C=O) groups excluding carboxylic acids is 2. The molecule has 2 heterocycles. The molecule has 1 aromatic carbocycles. The molecule has 3 rings (SSSR count). The predicted octanol–water partition coefficient (Wildman–Crippen LogP) is 1.90. The molecule has 3 aromatic rings. The van der Waals surface area contributed by atoms with E-state index in [-0.39, 0.29) is 23.6 Å². The first-order chi connectivity index (χ1) is 13.8. The first kappa shape index (κ1) is 20.3. The molecule has 5 N–H and O–H groups in total. The average Bonchev–Trinajstić information content (AvgIpc) is 3.02. The highest BCUT2D eigenvalue weighted by Crippen LogP contribution is 2.35. The van der Waals surface area contributed by atoms with E-state index in [4.69, 9.17) is 20.0 Å². The maximum absolute atomic E-state index is 13.1. The number of ketones is 1. The number of nitrogens with zero attached hydrogens (tertiary/aromatic N) is 1. The summed E-state index contributed by atoms with van der Waals surface area (Å²) >= 11 is 0. The molecule has 0 aliphatic carbocycles. The van der Waals surface area contributed by atoms with Crippen LogP contribution >= 0.6 is 0 Å².